The molecule has 2 aliphatic heterocycles. The van der Waals surface area contributed by atoms with Gasteiger partial charge in [-0.1, -0.05) is 13.0 Å². The molecule has 0 aromatic rings. The molecule has 0 radical (unpaired) electrons. The zero-order chi connectivity index (χ0) is 20.9. The number of Topliss-reactive ketones (excluding diaryl/α,β-unsaturated/α-hetero) is 2. The van der Waals surface area contributed by atoms with E-state index in [0.717, 1.165) is 4.31 Å². The van der Waals surface area contributed by atoms with Crippen molar-refractivity contribution in [1.29, 1.82) is 0 Å². The smallest absolute Gasteiger partial charge is 0.264 e. The average Bonchev–Trinajstić information content (AvgIpc) is 2.82. The Morgan fingerprint density at radius 1 is 1.39 bits per heavy atom. The van der Waals surface area contributed by atoms with Crippen molar-refractivity contribution in [2.75, 3.05) is 13.1 Å². The maximum atomic E-state index is 12.7. The van der Waals surface area contributed by atoms with Crippen LogP contribution in [0.4, 0.5) is 0 Å². The number of sulfonamides is 1. The number of nitrogens with one attached hydrogen (secondary N) is 1. The van der Waals surface area contributed by atoms with Crippen LogP contribution in [-0.4, -0.2) is 60.3 Å². The second-order valence-corrected chi connectivity index (χ2v) is 8.71. The first-order valence-corrected chi connectivity index (χ1v) is 10.4. The molecule has 1 fully saturated rings. The Kier molecular flexibility index (Phi) is 7.19. The number of primary amides is 1. The van der Waals surface area contributed by atoms with Gasteiger partial charge in [0.15, 0.2) is 11.6 Å². The predicted molar refractivity (Wildman–Crippen MR) is 100 cm³/mol. The second kappa shape index (κ2) is 9.20. The van der Waals surface area contributed by atoms with E-state index in [0.29, 0.717) is 6.42 Å². The van der Waals surface area contributed by atoms with E-state index in [1.54, 1.807) is 6.92 Å². The summed E-state index contributed by atoms with van der Waals surface area (Å²) in [4.78, 5) is 51.1. The number of carbonyl (C=O) groups excluding carboxylic acids is 4. The van der Waals surface area contributed by atoms with Gasteiger partial charge in [-0.15, -0.1) is 0 Å². The third-order valence-corrected chi connectivity index (χ3v) is 6.48. The Hall–Kier alpha value is -2.40. The highest BCUT2D eigenvalue weighted by atomic mass is 32.2. The van der Waals surface area contributed by atoms with E-state index in [9.17, 15) is 27.6 Å². The average molecular weight is 412 g/mol. The molecule has 0 aliphatic carbocycles. The fourth-order valence-electron chi connectivity index (χ4n) is 2.88. The van der Waals surface area contributed by atoms with Gasteiger partial charge in [-0.3, -0.25) is 19.2 Å². The van der Waals surface area contributed by atoms with Crippen LogP contribution in [-0.2, 0) is 29.2 Å². The van der Waals surface area contributed by atoms with Crippen LogP contribution in [0.2, 0.25) is 0 Å². The molecule has 2 heterocycles. The number of nitrogens with two attached hydrogens (primary N) is 1. The fourth-order valence-corrected chi connectivity index (χ4v) is 4.36. The quantitative estimate of drug-likeness (QED) is 0.585. The monoisotopic (exact) mass is 412 g/mol. The molecular formula is C17H24N4O6S. The molecule has 2 rings (SSSR count). The number of carbonyl (C=O) groups is 4. The van der Waals surface area contributed by atoms with Crippen molar-refractivity contribution in [3.63, 3.8) is 0 Å². The van der Waals surface area contributed by atoms with Crippen molar-refractivity contribution in [2.24, 2.45) is 16.6 Å². The highest BCUT2D eigenvalue weighted by Gasteiger charge is 2.37. The summed E-state index contributed by atoms with van der Waals surface area (Å²) in [6, 6.07) is -0.819. The fraction of sp³-hybridized carbons (Fsp3) is 0.588. The van der Waals surface area contributed by atoms with Gasteiger partial charge in [0.2, 0.25) is 16.9 Å². The first kappa shape index (κ1) is 21.9. The van der Waals surface area contributed by atoms with Crippen molar-refractivity contribution in [3.8, 4) is 0 Å². The molecule has 2 aliphatic rings. The molecular weight excluding hydrogens is 388 g/mol. The molecule has 1 saturated heterocycles. The van der Waals surface area contributed by atoms with Crippen LogP contribution in [0.5, 0.6) is 0 Å². The minimum absolute atomic E-state index is 0.0353. The first-order chi connectivity index (χ1) is 13.1. The third-order valence-electron chi connectivity index (χ3n) is 4.67. The van der Waals surface area contributed by atoms with Crippen LogP contribution in [0.15, 0.2) is 17.3 Å². The summed E-state index contributed by atoms with van der Waals surface area (Å²) in [6.07, 6.45) is 3.57. The maximum Gasteiger partial charge on any atom is 0.264 e. The SMILES string of the molecule is CC(CCC(=O)N[C@H]1CCCN(S(=O)(=O)C2=NC=CCC2=O)CC1=O)C(N)=O. The lowest BCUT2D eigenvalue weighted by Crippen LogP contribution is -2.46. The Morgan fingerprint density at radius 2 is 2.11 bits per heavy atom. The van der Waals surface area contributed by atoms with Crippen LogP contribution in [0, 0.1) is 5.92 Å². The molecule has 10 nitrogen and oxygen atoms in total. The predicted octanol–water partition coefficient (Wildman–Crippen LogP) is -0.747. The summed E-state index contributed by atoms with van der Waals surface area (Å²) in [5, 5.41) is 2.03. The minimum Gasteiger partial charge on any atom is -0.369 e. The van der Waals surface area contributed by atoms with Gasteiger partial charge in [0.25, 0.3) is 10.0 Å². The van der Waals surface area contributed by atoms with Crippen molar-refractivity contribution in [1.82, 2.24) is 9.62 Å². The van der Waals surface area contributed by atoms with E-state index < -0.39 is 57.0 Å². The van der Waals surface area contributed by atoms with Crippen molar-refractivity contribution in [3.05, 3.63) is 12.3 Å². The van der Waals surface area contributed by atoms with E-state index in [-0.39, 0.29) is 32.2 Å². The first-order valence-electron chi connectivity index (χ1n) is 9.00. The molecule has 3 N–H and O–H groups in total. The number of rotatable bonds is 6. The Labute approximate surface area is 163 Å². The van der Waals surface area contributed by atoms with Crippen LogP contribution >= 0.6 is 0 Å². The number of hydrogen-bond acceptors (Lipinski definition) is 7. The lowest BCUT2D eigenvalue weighted by Gasteiger charge is -2.20. The molecule has 0 saturated carbocycles. The molecule has 0 spiro atoms. The van der Waals surface area contributed by atoms with Gasteiger partial charge in [-0.25, -0.2) is 13.4 Å². The molecule has 0 bridgehead atoms. The number of nitrogens with zero attached hydrogens (tertiary/aromatic N) is 2. The Bertz CT molecular complexity index is 833. The summed E-state index contributed by atoms with van der Waals surface area (Å²) in [7, 11) is -4.18. The highest BCUT2D eigenvalue weighted by Crippen LogP contribution is 2.17. The molecule has 2 amide bonds. The number of ketones is 2. The van der Waals surface area contributed by atoms with Crippen LogP contribution in [0.1, 0.15) is 39.0 Å². The Morgan fingerprint density at radius 3 is 2.75 bits per heavy atom. The normalized spacial score (nSPS) is 22.3. The van der Waals surface area contributed by atoms with E-state index in [2.05, 4.69) is 10.3 Å². The van der Waals surface area contributed by atoms with Crippen molar-refractivity contribution >= 4 is 38.4 Å². The van der Waals surface area contributed by atoms with Crippen LogP contribution in [0.3, 0.4) is 0 Å². The van der Waals surface area contributed by atoms with E-state index in [4.69, 9.17) is 5.73 Å². The summed E-state index contributed by atoms with van der Waals surface area (Å²) >= 11 is 0. The molecule has 154 valence electrons. The summed E-state index contributed by atoms with van der Waals surface area (Å²) in [5.74, 6) is -2.45. The van der Waals surface area contributed by atoms with Gasteiger partial charge < -0.3 is 11.1 Å². The van der Waals surface area contributed by atoms with Crippen LogP contribution < -0.4 is 11.1 Å². The molecule has 11 heteroatoms. The van der Waals surface area contributed by atoms with Gasteiger partial charge in [0.1, 0.15) is 0 Å². The topological polar surface area (TPSA) is 156 Å². The third kappa shape index (κ3) is 5.32. The number of amides is 2. The van der Waals surface area contributed by atoms with E-state index in [1.807, 2.05) is 0 Å². The summed E-state index contributed by atoms with van der Waals surface area (Å²) < 4.78 is 26.3. The van der Waals surface area contributed by atoms with Gasteiger partial charge in [0, 0.05) is 31.5 Å². The molecule has 1 unspecified atom stereocenters. The summed E-state index contributed by atoms with van der Waals surface area (Å²) in [5.41, 5.74) is 5.15. The van der Waals surface area contributed by atoms with Gasteiger partial charge >= 0.3 is 0 Å². The Balaban J connectivity index is 2.00. The van der Waals surface area contributed by atoms with E-state index >= 15 is 0 Å². The number of allylic oxidation sites excluding steroid dienone is 1. The zero-order valence-corrected chi connectivity index (χ0v) is 16.4. The number of aliphatic imine (C=N–C) groups is 1. The van der Waals surface area contributed by atoms with Crippen molar-refractivity contribution < 1.29 is 27.6 Å². The zero-order valence-electron chi connectivity index (χ0n) is 15.6. The molecule has 0 aromatic carbocycles. The lowest BCUT2D eigenvalue weighted by atomic mass is 10.0. The van der Waals surface area contributed by atoms with Gasteiger partial charge in [-0.05, 0) is 19.3 Å². The van der Waals surface area contributed by atoms with E-state index in [1.165, 1.54) is 12.3 Å². The largest absolute Gasteiger partial charge is 0.369 e. The van der Waals surface area contributed by atoms with Crippen LogP contribution in [0.25, 0.3) is 0 Å². The minimum atomic E-state index is -4.18. The maximum absolute atomic E-state index is 12.7. The summed E-state index contributed by atoms with van der Waals surface area (Å²) in [6.45, 7) is 1.22. The molecule has 0 aromatic heterocycles. The standard InChI is InChI=1S/C17H24N4O6S/c1-11(16(18)25)6-7-15(24)20-12-4-3-9-21(10-14(12)23)28(26,27)17-13(22)5-2-8-19-17/h2,8,11-12H,3-7,9-10H2,1H3,(H2,18,25)(H,20,24)/t11?,12-/m0/s1. The highest BCUT2D eigenvalue weighted by molar-refractivity contribution is 8.06. The van der Waals surface area contributed by atoms with Gasteiger partial charge in [0.05, 0.1) is 12.6 Å². The second-order valence-electron chi connectivity index (χ2n) is 6.86. The van der Waals surface area contributed by atoms with Crippen molar-refractivity contribution in [2.45, 2.75) is 45.1 Å². The molecule has 28 heavy (non-hydrogen) atoms. The molecule has 2 atom stereocenters. The number of hydrogen-bond donors (Lipinski definition) is 2. The van der Waals surface area contributed by atoms with Gasteiger partial charge in [-0.2, -0.15) is 4.31 Å². The lowest BCUT2D eigenvalue weighted by molar-refractivity contribution is -0.128.